The van der Waals surface area contributed by atoms with Crippen LogP contribution in [0.25, 0.3) is 0 Å². The van der Waals surface area contributed by atoms with Crippen LogP contribution in [0.5, 0.6) is 0 Å². The third-order valence-electron chi connectivity index (χ3n) is 1.26. The van der Waals surface area contributed by atoms with Crippen LogP contribution in [0, 0.1) is 0 Å². The standard InChI is InChI=1S/C5H9NS2.Na/c7-5-8-6-3-1-2-4-6;/h5H,1-4H2;. The van der Waals surface area contributed by atoms with Crippen molar-refractivity contribution in [2.45, 2.75) is 12.8 Å². The molecule has 0 saturated carbocycles. The van der Waals surface area contributed by atoms with Gasteiger partial charge in [-0.1, -0.05) is 12.2 Å². The van der Waals surface area contributed by atoms with E-state index in [0.29, 0.717) is 0 Å². The van der Waals surface area contributed by atoms with Crippen molar-refractivity contribution in [1.29, 1.82) is 0 Å². The molecular formula is C5H9NNaS2. The summed E-state index contributed by atoms with van der Waals surface area (Å²) in [6, 6.07) is 0. The zero-order valence-corrected chi connectivity index (χ0v) is 9.30. The first-order valence-electron chi connectivity index (χ1n) is 2.79. The molecule has 0 aromatic rings. The summed E-state index contributed by atoms with van der Waals surface area (Å²) in [7, 11) is 0. The van der Waals surface area contributed by atoms with E-state index < -0.39 is 0 Å². The Hall–Kier alpha value is 1.40. The van der Waals surface area contributed by atoms with Crippen molar-refractivity contribution in [3.63, 3.8) is 0 Å². The van der Waals surface area contributed by atoms with Gasteiger partial charge < -0.3 is 0 Å². The fourth-order valence-corrected chi connectivity index (χ4v) is 1.81. The minimum absolute atomic E-state index is 0. The molecule has 0 N–H and O–H groups in total. The molecule has 0 atom stereocenters. The molecule has 0 bridgehead atoms. The summed E-state index contributed by atoms with van der Waals surface area (Å²) in [6.07, 6.45) is 2.69. The smallest absolute Gasteiger partial charge is 0.0499 e. The Bertz CT molecular complexity index is 83.0. The Morgan fingerprint density at radius 3 is 2.33 bits per heavy atom. The first kappa shape index (κ1) is 10.4. The van der Waals surface area contributed by atoms with Crippen LogP contribution >= 0.6 is 24.2 Å². The van der Waals surface area contributed by atoms with Gasteiger partial charge in [0.2, 0.25) is 0 Å². The minimum Gasteiger partial charge on any atom is -0.246 e. The fraction of sp³-hybridized carbons (Fsp3) is 0.800. The maximum Gasteiger partial charge on any atom is 0.0499 e. The van der Waals surface area contributed by atoms with Crippen LogP contribution in [-0.4, -0.2) is 51.7 Å². The van der Waals surface area contributed by atoms with Crippen molar-refractivity contribution in [2.75, 3.05) is 13.1 Å². The Morgan fingerprint density at radius 2 is 1.89 bits per heavy atom. The second-order valence-electron chi connectivity index (χ2n) is 1.84. The minimum atomic E-state index is 0. The molecule has 1 aliphatic heterocycles. The summed E-state index contributed by atoms with van der Waals surface area (Å²) in [4.78, 5) is 0. The SMILES string of the molecule is S=CSN1CCCC1.[Na]. The molecule has 1 fully saturated rings. The molecule has 1 aliphatic rings. The van der Waals surface area contributed by atoms with Gasteiger partial charge in [-0.3, -0.25) is 0 Å². The van der Waals surface area contributed by atoms with Gasteiger partial charge in [-0.15, -0.1) is 0 Å². The van der Waals surface area contributed by atoms with Crippen molar-refractivity contribution in [3.8, 4) is 0 Å². The topological polar surface area (TPSA) is 3.24 Å². The van der Waals surface area contributed by atoms with Crippen molar-refractivity contribution in [3.05, 3.63) is 0 Å². The van der Waals surface area contributed by atoms with Crippen LogP contribution in [0.15, 0.2) is 0 Å². The molecule has 1 radical (unpaired) electrons. The first-order chi connectivity index (χ1) is 3.93. The van der Waals surface area contributed by atoms with Crippen LogP contribution in [0.3, 0.4) is 0 Å². The van der Waals surface area contributed by atoms with Crippen molar-refractivity contribution in [2.24, 2.45) is 0 Å². The predicted octanol–water partition coefficient (Wildman–Crippen LogP) is 1.31. The molecule has 0 unspecified atom stereocenters. The molecule has 1 nitrogen and oxygen atoms in total. The van der Waals surface area contributed by atoms with Crippen LogP contribution in [-0.2, 0) is 0 Å². The molecule has 0 aliphatic carbocycles. The number of rotatable bonds is 2. The molecule has 4 heteroatoms. The molecule has 9 heavy (non-hydrogen) atoms. The summed E-state index contributed by atoms with van der Waals surface area (Å²) in [5, 5.41) is 0. The second kappa shape index (κ2) is 6.13. The maximum atomic E-state index is 4.68. The third-order valence-corrected chi connectivity index (χ3v) is 2.26. The number of nitrogens with zero attached hydrogens (tertiary/aromatic N) is 1. The van der Waals surface area contributed by atoms with Crippen LogP contribution in [0.2, 0.25) is 0 Å². The summed E-state index contributed by atoms with van der Waals surface area (Å²) < 4.78 is 4.03. The molecule has 1 heterocycles. The van der Waals surface area contributed by atoms with E-state index in [1.165, 1.54) is 25.9 Å². The van der Waals surface area contributed by atoms with E-state index in [1.54, 1.807) is 16.6 Å². The molecule has 1 rings (SSSR count). The Balaban J connectivity index is 0.000000640. The van der Waals surface area contributed by atoms with Crippen molar-refractivity contribution < 1.29 is 0 Å². The zero-order chi connectivity index (χ0) is 5.82. The fourth-order valence-electron chi connectivity index (χ4n) is 0.854. The van der Waals surface area contributed by atoms with Crippen LogP contribution in [0.1, 0.15) is 12.8 Å². The normalized spacial score (nSPS) is 19.1. The van der Waals surface area contributed by atoms with E-state index in [4.69, 9.17) is 0 Å². The molecule has 0 aromatic carbocycles. The Labute approximate surface area is 88.0 Å². The van der Waals surface area contributed by atoms with Crippen molar-refractivity contribution in [1.82, 2.24) is 4.31 Å². The number of thiocarbonyl (C=S) groups is 1. The summed E-state index contributed by atoms with van der Waals surface area (Å²) in [6.45, 7) is 2.44. The third kappa shape index (κ3) is 3.96. The van der Waals surface area contributed by atoms with E-state index in [2.05, 4.69) is 16.5 Å². The molecule has 47 valence electrons. The van der Waals surface area contributed by atoms with Crippen LogP contribution in [0.4, 0.5) is 0 Å². The molecule has 0 spiro atoms. The van der Waals surface area contributed by atoms with Gasteiger partial charge in [-0.2, -0.15) is 0 Å². The molecule has 0 amide bonds. The number of hydrogen-bond acceptors (Lipinski definition) is 3. The van der Waals surface area contributed by atoms with E-state index in [0.717, 1.165) is 0 Å². The van der Waals surface area contributed by atoms with E-state index in [1.807, 2.05) is 0 Å². The zero-order valence-electron chi connectivity index (χ0n) is 5.67. The van der Waals surface area contributed by atoms with Crippen LogP contribution < -0.4 is 0 Å². The second-order valence-corrected chi connectivity index (χ2v) is 3.33. The van der Waals surface area contributed by atoms with Gasteiger partial charge in [0.15, 0.2) is 0 Å². The van der Waals surface area contributed by atoms with Gasteiger partial charge in [0, 0.05) is 47.3 Å². The van der Waals surface area contributed by atoms with E-state index in [-0.39, 0.29) is 29.6 Å². The van der Waals surface area contributed by atoms with Gasteiger partial charge in [0.1, 0.15) is 0 Å². The Kier molecular flexibility index (Phi) is 7.09. The average Bonchev–Trinajstić information content (AvgIpc) is 2.19. The van der Waals surface area contributed by atoms with Crippen molar-refractivity contribution >= 4 is 58.4 Å². The van der Waals surface area contributed by atoms with Gasteiger partial charge in [-0.05, 0) is 24.8 Å². The first-order valence-corrected chi connectivity index (χ1v) is 4.09. The van der Waals surface area contributed by atoms with Gasteiger partial charge in [-0.25, -0.2) is 4.31 Å². The average molecular weight is 170 g/mol. The van der Waals surface area contributed by atoms with Gasteiger partial charge >= 0.3 is 0 Å². The van der Waals surface area contributed by atoms with E-state index in [9.17, 15) is 0 Å². The Morgan fingerprint density at radius 1 is 1.33 bits per heavy atom. The summed E-state index contributed by atoms with van der Waals surface area (Å²) >= 11 is 6.35. The molecule has 1 saturated heterocycles. The summed E-state index contributed by atoms with van der Waals surface area (Å²) in [5.41, 5.74) is 0. The maximum absolute atomic E-state index is 4.68. The van der Waals surface area contributed by atoms with Gasteiger partial charge in [0.05, 0.1) is 0 Å². The molecule has 0 aromatic heterocycles. The largest absolute Gasteiger partial charge is 0.246 e. The van der Waals surface area contributed by atoms with E-state index >= 15 is 0 Å². The molecular weight excluding hydrogens is 161 g/mol. The predicted molar refractivity (Wildman–Crippen MR) is 47.8 cm³/mol. The monoisotopic (exact) mass is 170 g/mol. The number of hydrogen-bond donors (Lipinski definition) is 0. The quantitative estimate of drug-likeness (QED) is 0.349. The van der Waals surface area contributed by atoms with Gasteiger partial charge in [0.25, 0.3) is 0 Å². The summed E-state index contributed by atoms with van der Waals surface area (Å²) in [5.74, 6) is 0.